The number of benzene rings is 6. The summed E-state index contributed by atoms with van der Waals surface area (Å²) in [4.78, 5) is 0. The molecule has 2 unspecified atom stereocenters. The first-order valence-corrected chi connectivity index (χ1v) is 32.2. The van der Waals surface area contributed by atoms with Crippen molar-refractivity contribution in [3.8, 4) is 22.3 Å². The predicted molar refractivity (Wildman–Crippen MR) is 234 cm³/mol. The fourth-order valence-corrected chi connectivity index (χ4v) is 30.5. The molecule has 0 N–H and O–H groups in total. The van der Waals surface area contributed by atoms with Gasteiger partial charge in [-0.3, -0.25) is 0 Å². The molecule has 0 aliphatic heterocycles. The first-order valence-electron chi connectivity index (χ1n) is 18.5. The Hall–Kier alpha value is -3.00. The standard InChI is InChI=1S/C24H23.C22H19.2CH3.2ClH.H2Si.Zr/c1-16-14-21-20(12-13-23(22(21)15-16)24(2,3)4)19-11-7-9-17-8-5-6-10-18(17)19;1-15(2)18-13-17-9-6-12-21(22(17)14-18)20-11-5-8-16-7-3-4-10-19(16)20;;;;;;/h5-15H,1-4H3;3-15H,1-2H3;2*1H3;2*1H;1H2;. The third-order valence-corrected chi connectivity index (χ3v) is 29.6. The molecule has 4 heteroatoms. The van der Waals surface area contributed by atoms with E-state index in [1.807, 2.05) is 0 Å². The Bertz CT molecular complexity index is 2490. The van der Waals surface area contributed by atoms with Crippen LogP contribution in [0.15, 0.2) is 126 Å². The molecular formula is C48H52Cl2SiZr. The van der Waals surface area contributed by atoms with Crippen LogP contribution in [0.1, 0.15) is 76.6 Å². The fourth-order valence-electron chi connectivity index (χ4n) is 10.1. The van der Waals surface area contributed by atoms with E-state index in [4.69, 9.17) is 0 Å². The van der Waals surface area contributed by atoms with E-state index in [9.17, 15) is 0 Å². The van der Waals surface area contributed by atoms with Gasteiger partial charge in [0.15, 0.2) is 0 Å². The first-order chi connectivity index (χ1) is 23.7. The van der Waals surface area contributed by atoms with Gasteiger partial charge in [0.25, 0.3) is 0 Å². The molecule has 52 heavy (non-hydrogen) atoms. The van der Waals surface area contributed by atoms with E-state index in [1.165, 1.54) is 60.5 Å². The molecule has 0 saturated carbocycles. The zero-order valence-electron chi connectivity index (χ0n) is 31.9. The molecule has 2 aliphatic rings. The molecule has 2 atom stereocenters. The van der Waals surface area contributed by atoms with E-state index in [0.717, 1.165) is 0 Å². The molecule has 266 valence electrons. The zero-order chi connectivity index (χ0) is 35.2. The van der Waals surface area contributed by atoms with E-state index in [0.29, 0.717) is 13.2 Å². The number of allylic oxidation sites excluding steroid dienone is 2. The Morgan fingerprint density at radius 3 is 1.63 bits per heavy atom. The second-order valence-electron chi connectivity index (χ2n) is 17.6. The fraction of sp³-hybridized carbons (Fsp3) is 0.250. The van der Waals surface area contributed by atoms with Crippen LogP contribution in [0.4, 0.5) is 0 Å². The summed E-state index contributed by atoms with van der Waals surface area (Å²) in [5.74, 6) is 0.472. The molecule has 0 saturated heterocycles. The van der Waals surface area contributed by atoms with Crippen molar-refractivity contribution in [3.05, 3.63) is 154 Å². The average Bonchev–Trinajstić information content (AvgIpc) is 3.67. The number of halogens is 2. The SMILES string of the molecule is CC1=Cc2c(-c3cccc4ccccc34)ccc(C(C)(C)C)c2[CH]1[Zr]([CH3])([CH3])(=[SiH2])[CH]1C(C(C)C)=Cc2c(-c3cccc4ccccc34)cccc21.Cl.Cl. The van der Waals surface area contributed by atoms with Crippen LogP contribution in [0.25, 0.3) is 56.0 Å². The predicted octanol–water partition coefficient (Wildman–Crippen LogP) is 14.1. The molecule has 8 rings (SSSR count). The van der Waals surface area contributed by atoms with Gasteiger partial charge in [0.05, 0.1) is 0 Å². The molecule has 0 spiro atoms. The molecule has 6 aromatic rings. The Labute approximate surface area is 326 Å². The second-order valence-corrected chi connectivity index (χ2v) is 48.1. The number of hydrogen-bond acceptors (Lipinski definition) is 0. The molecule has 0 amide bonds. The van der Waals surface area contributed by atoms with Crippen LogP contribution < -0.4 is 0 Å². The monoisotopic (exact) mass is 816 g/mol. The van der Waals surface area contributed by atoms with Gasteiger partial charge in [-0.1, -0.05) is 0 Å². The van der Waals surface area contributed by atoms with E-state index in [2.05, 4.69) is 185 Å². The Kier molecular flexibility index (Phi) is 10.2. The maximum Gasteiger partial charge on any atom is -0.147 e. The summed E-state index contributed by atoms with van der Waals surface area (Å²) < 4.78 is 6.52. The van der Waals surface area contributed by atoms with Gasteiger partial charge in [-0.15, -0.1) is 24.8 Å². The van der Waals surface area contributed by atoms with Gasteiger partial charge in [-0.2, -0.15) is 0 Å². The maximum absolute atomic E-state index is 3.87. The first kappa shape index (κ1) is 38.7. The normalized spacial score (nSPS) is 17.0. The molecular weight excluding hydrogens is 767 g/mol. The van der Waals surface area contributed by atoms with E-state index < -0.39 is 17.4 Å². The molecule has 0 fully saturated rings. The van der Waals surface area contributed by atoms with Crippen LogP contribution >= 0.6 is 24.8 Å². The van der Waals surface area contributed by atoms with Crippen LogP contribution in [0, 0.1) is 5.92 Å². The van der Waals surface area contributed by atoms with Crippen LogP contribution in [-0.2, 0) is 22.8 Å². The van der Waals surface area contributed by atoms with Crippen molar-refractivity contribution in [2.45, 2.75) is 63.5 Å². The smallest absolute Gasteiger partial charge is 0.147 e. The van der Waals surface area contributed by atoms with Gasteiger partial charge in [0.1, 0.15) is 0 Å². The van der Waals surface area contributed by atoms with E-state index in [1.54, 1.807) is 22.3 Å². The average molecular weight is 819 g/mol. The van der Waals surface area contributed by atoms with Gasteiger partial charge in [0, 0.05) is 0 Å². The van der Waals surface area contributed by atoms with Gasteiger partial charge >= 0.3 is 304 Å². The summed E-state index contributed by atoms with van der Waals surface area (Å²) in [6.07, 6.45) is 5.23. The van der Waals surface area contributed by atoms with Crippen LogP contribution in [0.5, 0.6) is 0 Å². The molecule has 6 aromatic carbocycles. The summed E-state index contributed by atoms with van der Waals surface area (Å²) in [5.41, 5.74) is 16.3. The molecule has 0 aromatic heterocycles. The number of rotatable bonds is 5. The summed E-state index contributed by atoms with van der Waals surface area (Å²) >= 11 is -3.87. The maximum atomic E-state index is 2.80. The quantitative estimate of drug-likeness (QED) is 0.152. The summed E-state index contributed by atoms with van der Waals surface area (Å²) in [6, 6.07) is 43.5. The zero-order valence-corrected chi connectivity index (χ0v) is 37.4. The minimum absolute atomic E-state index is 0. The number of fused-ring (bicyclic) bond motifs is 4. The minimum atomic E-state index is -3.87. The molecule has 0 radical (unpaired) electrons. The van der Waals surface area contributed by atoms with Crippen molar-refractivity contribution in [2.24, 2.45) is 5.92 Å². The van der Waals surface area contributed by atoms with Crippen molar-refractivity contribution < 1.29 is 17.4 Å². The van der Waals surface area contributed by atoms with Crippen molar-refractivity contribution in [1.29, 1.82) is 0 Å². The van der Waals surface area contributed by atoms with E-state index in [-0.39, 0.29) is 30.2 Å². The number of hydrogen-bond donors (Lipinski definition) is 0. The molecule has 0 heterocycles. The third kappa shape index (κ3) is 6.07. The Balaban J connectivity index is 0.00000232. The summed E-state index contributed by atoms with van der Waals surface area (Å²) in [5, 5.41) is 5.28. The topological polar surface area (TPSA) is 0 Å². The second kappa shape index (κ2) is 13.7. The van der Waals surface area contributed by atoms with Crippen molar-refractivity contribution in [3.63, 3.8) is 0 Å². The van der Waals surface area contributed by atoms with Crippen LogP contribution in [0.2, 0.25) is 9.26 Å². The summed E-state index contributed by atoms with van der Waals surface area (Å²) in [7, 11) is 0. The Morgan fingerprint density at radius 1 is 0.577 bits per heavy atom. The molecule has 0 bridgehead atoms. The van der Waals surface area contributed by atoms with Gasteiger partial charge in [-0.05, 0) is 0 Å². The van der Waals surface area contributed by atoms with Crippen LogP contribution in [0.3, 0.4) is 0 Å². The van der Waals surface area contributed by atoms with Gasteiger partial charge in [-0.25, -0.2) is 0 Å². The van der Waals surface area contributed by atoms with Gasteiger partial charge < -0.3 is 0 Å². The molecule has 2 aliphatic carbocycles. The van der Waals surface area contributed by atoms with Crippen LogP contribution in [-0.4, -0.2) is 6.88 Å². The van der Waals surface area contributed by atoms with E-state index >= 15 is 0 Å². The Morgan fingerprint density at radius 2 is 1.08 bits per heavy atom. The minimum Gasteiger partial charge on any atom is -0.147 e. The third-order valence-electron chi connectivity index (χ3n) is 12.0. The van der Waals surface area contributed by atoms with Crippen molar-refractivity contribution in [1.82, 2.24) is 0 Å². The van der Waals surface area contributed by atoms with Crippen molar-refractivity contribution in [2.75, 3.05) is 0 Å². The largest absolute Gasteiger partial charge is 0.147 e. The molecule has 0 nitrogen and oxygen atoms in total. The van der Waals surface area contributed by atoms with Gasteiger partial charge in [0.2, 0.25) is 0 Å². The summed E-state index contributed by atoms with van der Waals surface area (Å²) in [6.45, 7) is 17.0. The van der Waals surface area contributed by atoms with Crippen molar-refractivity contribution >= 4 is 65.4 Å².